The Bertz CT molecular complexity index is 1230. The Morgan fingerprint density at radius 1 is 0.735 bits per heavy atom. The molecule has 1 unspecified atom stereocenters. The van der Waals surface area contributed by atoms with Crippen LogP contribution in [-0.4, -0.2) is 6.21 Å². The van der Waals surface area contributed by atoms with Gasteiger partial charge in [0.25, 0.3) is 0 Å². The highest BCUT2D eigenvalue weighted by Gasteiger charge is 2.15. The number of hydrogen-bond donors (Lipinski definition) is 1. The van der Waals surface area contributed by atoms with Crippen LogP contribution >= 0.6 is 45.2 Å². The second-order valence-corrected chi connectivity index (χ2v) is 9.68. The Morgan fingerprint density at radius 2 is 1.29 bits per heavy atom. The molecular weight excluding hydrogens is 642 g/mol. The fourth-order valence-corrected chi connectivity index (χ4v) is 4.36. The van der Waals surface area contributed by atoms with Crippen LogP contribution in [0.2, 0.25) is 0 Å². The second kappa shape index (κ2) is 13.9. The van der Waals surface area contributed by atoms with Crippen molar-refractivity contribution in [1.82, 2.24) is 0 Å². The van der Waals surface area contributed by atoms with Crippen LogP contribution in [-0.2, 0) is 0 Å². The Labute approximate surface area is 229 Å². The summed E-state index contributed by atoms with van der Waals surface area (Å²) in [6, 6.07) is 36.7. The molecule has 34 heavy (non-hydrogen) atoms. The summed E-state index contributed by atoms with van der Waals surface area (Å²) in [5.41, 5.74) is 5.40. The number of nitrogens with zero attached hydrogens (tertiary/aromatic N) is 1. The minimum absolute atomic E-state index is 0.0491. The molecule has 0 saturated heterocycles. The molecule has 0 fully saturated rings. The zero-order valence-electron chi connectivity index (χ0n) is 18.7. The van der Waals surface area contributed by atoms with Crippen LogP contribution in [0.3, 0.4) is 0 Å². The van der Waals surface area contributed by atoms with E-state index in [0.29, 0.717) is 0 Å². The lowest BCUT2D eigenvalue weighted by atomic mass is 9.99. The van der Waals surface area contributed by atoms with E-state index in [2.05, 4.69) is 105 Å². The van der Waals surface area contributed by atoms with E-state index in [4.69, 9.17) is 0 Å². The summed E-state index contributed by atoms with van der Waals surface area (Å²) in [7, 11) is 0. The molecule has 4 heteroatoms. The van der Waals surface area contributed by atoms with Crippen molar-refractivity contribution in [3.05, 3.63) is 152 Å². The van der Waals surface area contributed by atoms with Gasteiger partial charge in [-0.25, -0.2) is 0 Å². The van der Waals surface area contributed by atoms with Gasteiger partial charge in [0.2, 0.25) is 0 Å². The zero-order chi connectivity index (χ0) is 24.2. The number of aliphatic imine (C=N–C) groups is 1. The number of anilines is 1. The number of benzene rings is 4. The van der Waals surface area contributed by atoms with Crippen molar-refractivity contribution in [3.63, 3.8) is 0 Å². The maximum Gasteiger partial charge on any atom is 0.0771 e. The minimum atomic E-state index is 0.0491. The van der Waals surface area contributed by atoms with E-state index >= 15 is 0 Å². The van der Waals surface area contributed by atoms with Crippen molar-refractivity contribution in [3.8, 4) is 0 Å². The molecule has 4 aromatic rings. The van der Waals surface area contributed by atoms with Crippen molar-refractivity contribution >= 4 is 62.8 Å². The second-order valence-electron chi connectivity index (χ2n) is 7.36. The third kappa shape index (κ3) is 7.95. The standard InChI is InChI=1S/C17H16IN.C13H10IN/c1-3-13(2)17(15-11-7-8-12-16(15)18)19-14-9-5-4-6-10-14;14-13-9-5-4-6-11(13)10-15-12-7-2-1-3-8-12/h3-12,17,19H,1-2H2;1-10H/b;15-10+. The van der Waals surface area contributed by atoms with Crippen molar-refractivity contribution in [2.24, 2.45) is 4.99 Å². The molecule has 0 aliphatic heterocycles. The summed E-state index contributed by atoms with van der Waals surface area (Å²) in [6.07, 6.45) is 3.71. The number of para-hydroxylation sites is 2. The highest BCUT2D eigenvalue weighted by molar-refractivity contribution is 14.1. The first-order valence-corrected chi connectivity index (χ1v) is 12.9. The predicted octanol–water partition coefficient (Wildman–Crippen LogP) is 9.23. The number of halogens is 2. The molecule has 0 aliphatic rings. The maximum atomic E-state index is 4.41. The van der Waals surface area contributed by atoms with Crippen LogP contribution < -0.4 is 5.32 Å². The first kappa shape index (κ1) is 25.9. The van der Waals surface area contributed by atoms with Crippen LogP contribution in [0, 0.1) is 7.14 Å². The van der Waals surface area contributed by atoms with Gasteiger partial charge in [0.1, 0.15) is 0 Å². The lowest BCUT2D eigenvalue weighted by molar-refractivity contribution is 0.936. The molecule has 170 valence electrons. The van der Waals surface area contributed by atoms with Crippen molar-refractivity contribution in [2.75, 3.05) is 5.32 Å². The summed E-state index contributed by atoms with van der Waals surface area (Å²) in [6.45, 7) is 7.94. The third-order valence-corrected chi connectivity index (χ3v) is 6.91. The molecule has 0 heterocycles. The summed E-state index contributed by atoms with van der Waals surface area (Å²) >= 11 is 4.66. The van der Waals surface area contributed by atoms with E-state index in [-0.39, 0.29) is 6.04 Å². The SMILES string of the molecule is C=CC(=C)C(Nc1ccccc1)c1ccccc1I.Ic1ccccc1/C=N/c1ccccc1. The van der Waals surface area contributed by atoms with Crippen LogP contribution in [0.5, 0.6) is 0 Å². The molecule has 0 aromatic heterocycles. The number of hydrogen-bond acceptors (Lipinski definition) is 2. The molecule has 0 spiro atoms. The number of rotatable bonds is 7. The average Bonchev–Trinajstić information content (AvgIpc) is 2.88. The highest BCUT2D eigenvalue weighted by Crippen LogP contribution is 2.29. The van der Waals surface area contributed by atoms with Crippen LogP contribution in [0.1, 0.15) is 17.2 Å². The van der Waals surface area contributed by atoms with Crippen molar-refractivity contribution in [1.29, 1.82) is 0 Å². The fraction of sp³-hybridized carbons (Fsp3) is 0.0333. The van der Waals surface area contributed by atoms with Gasteiger partial charge in [-0.15, -0.1) is 0 Å². The third-order valence-electron chi connectivity index (χ3n) is 4.95. The summed E-state index contributed by atoms with van der Waals surface area (Å²) in [4.78, 5) is 4.41. The zero-order valence-corrected chi connectivity index (χ0v) is 23.1. The molecule has 0 amide bonds. The largest absolute Gasteiger partial charge is 0.374 e. The number of nitrogens with one attached hydrogen (secondary N) is 1. The average molecular weight is 668 g/mol. The Kier molecular flexibility index (Phi) is 10.6. The van der Waals surface area contributed by atoms with Crippen molar-refractivity contribution in [2.45, 2.75) is 6.04 Å². The minimum Gasteiger partial charge on any atom is -0.374 e. The molecule has 0 aliphatic carbocycles. The molecule has 0 radical (unpaired) electrons. The molecule has 0 saturated carbocycles. The Balaban J connectivity index is 0.000000196. The van der Waals surface area contributed by atoms with E-state index in [0.717, 1.165) is 22.5 Å². The molecule has 1 N–H and O–H groups in total. The summed E-state index contributed by atoms with van der Waals surface area (Å²) < 4.78 is 2.44. The smallest absolute Gasteiger partial charge is 0.0771 e. The van der Waals surface area contributed by atoms with Crippen LogP contribution in [0.25, 0.3) is 0 Å². The van der Waals surface area contributed by atoms with Gasteiger partial charge >= 0.3 is 0 Å². The fourth-order valence-electron chi connectivity index (χ4n) is 3.14. The lowest BCUT2D eigenvalue weighted by Gasteiger charge is -2.22. The van der Waals surface area contributed by atoms with Gasteiger partial charge in [-0.05, 0) is 92.7 Å². The molecule has 4 rings (SSSR count). The predicted molar refractivity (Wildman–Crippen MR) is 164 cm³/mol. The van der Waals surface area contributed by atoms with Crippen LogP contribution in [0.15, 0.2) is 139 Å². The molecule has 4 aromatic carbocycles. The summed E-state index contributed by atoms with van der Waals surface area (Å²) in [5, 5.41) is 3.51. The molecular formula is C30H26I2N2. The van der Waals surface area contributed by atoms with Crippen molar-refractivity contribution < 1.29 is 0 Å². The summed E-state index contributed by atoms with van der Waals surface area (Å²) in [5.74, 6) is 0. The first-order valence-electron chi connectivity index (χ1n) is 10.8. The Hall–Kier alpha value is -2.71. The van der Waals surface area contributed by atoms with E-state index in [1.807, 2.05) is 85.1 Å². The van der Waals surface area contributed by atoms with Gasteiger partial charge in [-0.1, -0.05) is 92.0 Å². The molecule has 0 bridgehead atoms. The highest BCUT2D eigenvalue weighted by atomic mass is 127. The monoisotopic (exact) mass is 668 g/mol. The topological polar surface area (TPSA) is 24.4 Å². The lowest BCUT2D eigenvalue weighted by Crippen LogP contribution is -2.13. The van der Waals surface area contributed by atoms with Gasteiger partial charge in [-0.2, -0.15) is 0 Å². The van der Waals surface area contributed by atoms with E-state index in [1.54, 1.807) is 0 Å². The normalized spacial score (nSPS) is 11.2. The van der Waals surface area contributed by atoms with E-state index in [9.17, 15) is 0 Å². The van der Waals surface area contributed by atoms with Gasteiger partial charge in [0, 0.05) is 24.6 Å². The molecule has 1 atom stereocenters. The van der Waals surface area contributed by atoms with Gasteiger partial charge in [-0.3, -0.25) is 4.99 Å². The first-order chi connectivity index (χ1) is 16.6. The quantitative estimate of drug-likeness (QED) is 0.119. The van der Waals surface area contributed by atoms with Gasteiger partial charge in [0.15, 0.2) is 0 Å². The van der Waals surface area contributed by atoms with E-state index < -0.39 is 0 Å². The Morgan fingerprint density at radius 3 is 1.91 bits per heavy atom. The maximum absolute atomic E-state index is 4.41. The molecule has 2 nitrogen and oxygen atoms in total. The van der Waals surface area contributed by atoms with E-state index in [1.165, 1.54) is 12.7 Å². The van der Waals surface area contributed by atoms with Gasteiger partial charge in [0.05, 0.1) is 11.7 Å². The van der Waals surface area contributed by atoms with Crippen LogP contribution in [0.4, 0.5) is 11.4 Å². The van der Waals surface area contributed by atoms with Gasteiger partial charge < -0.3 is 5.32 Å².